The van der Waals surface area contributed by atoms with Gasteiger partial charge in [0.2, 0.25) is 0 Å². The second kappa shape index (κ2) is 4.12. The Bertz CT molecular complexity index is 359. The Hall–Kier alpha value is -0.570. The SMILES string of the molecule is Cc1cc(Cl)ccc1C1(CN)CCOC1. The van der Waals surface area contributed by atoms with Gasteiger partial charge in [-0.1, -0.05) is 17.7 Å². The summed E-state index contributed by atoms with van der Waals surface area (Å²) in [5.74, 6) is 0. The van der Waals surface area contributed by atoms with Crippen LogP contribution in [0.15, 0.2) is 18.2 Å². The van der Waals surface area contributed by atoms with Gasteiger partial charge in [0.25, 0.3) is 0 Å². The number of hydrogen-bond acceptors (Lipinski definition) is 2. The number of hydrogen-bond donors (Lipinski definition) is 1. The van der Waals surface area contributed by atoms with Crippen molar-refractivity contribution in [1.82, 2.24) is 0 Å². The largest absolute Gasteiger partial charge is 0.380 e. The summed E-state index contributed by atoms with van der Waals surface area (Å²) in [7, 11) is 0. The number of benzene rings is 1. The summed E-state index contributed by atoms with van der Waals surface area (Å²) in [6.07, 6.45) is 1.01. The van der Waals surface area contributed by atoms with E-state index in [0.29, 0.717) is 6.54 Å². The van der Waals surface area contributed by atoms with E-state index in [1.807, 2.05) is 12.1 Å². The smallest absolute Gasteiger partial charge is 0.0576 e. The molecule has 0 radical (unpaired) electrons. The second-order valence-corrected chi connectivity index (χ2v) is 4.68. The molecule has 1 saturated heterocycles. The van der Waals surface area contributed by atoms with Crippen molar-refractivity contribution < 1.29 is 4.74 Å². The van der Waals surface area contributed by atoms with Gasteiger partial charge in [-0.3, -0.25) is 0 Å². The highest BCUT2D eigenvalue weighted by Gasteiger charge is 2.36. The van der Waals surface area contributed by atoms with Crippen LogP contribution in [0.25, 0.3) is 0 Å². The van der Waals surface area contributed by atoms with Gasteiger partial charge < -0.3 is 10.5 Å². The molecule has 1 fully saturated rings. The molecule has 0 saturated carbocycles. The van der Waals surface area contributed by atoms with Crippen LogP contribution in [0, 0.1) is 6.92 Å². The molecule has 2 nitrogen and oxygen atoms in total. The maximum absolute atomic E-state index is 5.95. The van der Waals surface area contributed by atoms with Crippen LogP contribution in [0.3, 0.4) is 0 Å². The zero-order valence-corrected chi connectivity index (χ0v) is 9.68. The Balaban J connectivity index is 2.42. The molecule has 15 heavy (non-hydrogen) atoms. The van der Waals surface area contributed by atoms with Gasteiger partial charge in [-0.15, -0.1) is 0 Å². The molecule has 1 unspecified atom stereocenters. The normalized spacial score (nSPS) is 25.8. The van der Waals surface area contributed by atoms with Crippen LogP contribution in [-0.4, -0.2) is 19.8 Å². The average Bonchev–Trinajstić information content (AvgIpc) is 2.67. The molecule has 1 atom stereocenters. The summed E-state index contributed by atoms with van der Waals surface area (Å²) in [6.45, 7) is 4.25. The monoisotopic (exact) mass is 225 g/mol. The molecule has 0 bridgehead atoms. The van der Waals surface area contributed by atoms with Crippen LogP contribution in [0.1, 0.15) is 17.5 Å². The van der Waals surface area contributed by atoms with Gasteiger partial charge in [-0.25, -0.2) is 0 Å². The van der Waals surface area contributed by atoms with Gasteiger partial charge in [0, 0.05) is 23.6 Å². The first-order chi connectivity index (χ1) is 7.18. The molecule has 1 aliphatic heterocycles. The molecule has 3 heteroatoms. The van der Waals surface area contributed by atoms with Crippen molar-refractivity contribution in [2.24, 2.45) is 5.73 Å². The molecule has 2 N–H and O–H groups in total. The Kier molecular flexibility index (Phi) is 3.01. The van der Waals surface area contributed by atoms with Crippen LogP contribution in [-0.2, 0) is 10.2 Å². The summed E-state index contributed by atoms with van der Waals surface area (Å²) in [6, 6.07) is 6.01. The summed E-state index contributed by atoms with van der Waals surface area (Å²) >= 11 is 5.95. The second-order valence-electron chi connectivity index (χ2n) is 4.25. The maximum Gasteiger partial charge on any atom is 0.0576 e. The molecule has 2 rings (SSSR count). The summed E-state index contributed by atoms with van der Waals surface area (Å²) in [4.78, 5) is 0. The summed E-state index contributed by atoms with van der Waals surface area (Å²) < 4.78 is 5.48. The van der Waals surface area contributed by atoms with Crippen LogP contribution in [0.4, 0.5) is 0 Å². The van der Waals surface area contributed by atoms with E-state index < -0.39 is 0 Å². The van der Waals surface area contributed by atoms with E-state index in [-0.39, 0.29) is 5.41 Å². The minimum absolute atomic E-state index is 0.00860. The number of nitrogens with two attached hydrogens (primary N) is 1. The van der Waals surface area contributed by atoms with Gasteiger partial charge >= 0.3 is 0 Å². The zero-order chi connectivity index (χ0) is 10.9. The van der Waals surface area contributed by atoms with E-state index >= 15 is 0 Å². The van der Waals surface area contributed by atoms with E-state index in [2.05, 4.69) is 13.0 Å². The lowest BCUT2D eigenvalue weighted by atomic mass is 9.78. The van der Waals surface area contributed by atoms with E-state index in [0.717, 1.165) is 24.7 Å². The fourth-order valence-electron chi connectivity index (χ4n) is 2.31. The van der Waals surface area contributed by atoms with Gasteiger partial charge in [-0.2, -0.15) is 0 Å². The van der Waals surface area contributed by atoms with Crippen molar-refractivity contribution in [1.29, 1.82) is 0 Å². The van der Waals surface area contributed by atoms with Crippen molar-refractivity contribution in [2.45, 2.75) is 18.8 Å². The molecule has 0 aliphatic carbocycles. The Labute approximate surface area is 95.4 Å². The lowest BCUT2D eigenvalue weighted by Gasteiger charge is -2.27. The van der Waals surface area contributed by atoms with Crippen LogP contribution < -0.4 is 5.73 Å². The first-order valence-electron chi connectivity index (χ1n) is 5.22. The third kappa shape index (κ3) is 1.89. The number of aryl methyl sites for hydroxylation is 1. The molecule has 0 aromatic heterocycles. The highest BCUT2D eigenvalue weighted by Crippen LogP contribution is 2.35. The maximum atomic E-state index is 5.95. The van der Waals surface area contributed by atoms with Crippen LogP contribution >= 0.6 is 11.6 Å². The van der Waals surface area contributed by atoms with E-state index in [1.54, 1.807) is 0 Å². The van der Waals surface area contributed by atoms with Crippen molar-refractivity contribution >= 4 is 11.6 Å². The first-order valence-corrected chi connectivity index (χ1v) is 5.60. The van der Waals surface area contributed by atoms with Crippen molar-refractivity contribution in [3.63, 3.8) is 0 Å². The summed E-state index contributed by atoms with van der Waals surface area (Å²) in [5, 5.41) is 0.780. The van der Waals surface area contributed by atoms with Gasteiger partial charge in [0.1, 0.15) is 0 Å². The molecule has 82 valence electrons. The lowest BCUT2D eigenvalue weighted by Crippen LogP contribution is -2.36. The van der Waals surface area contributed by atoms with Crippen molar-refractivity contribution in [2.75, 3.05) is 19.8 Å². The van der Waals surface area contributed by atoms with E-state index in [9.17, 15) is 0 Å². The van der Waals surface area contributed by atoms with Crippen molar-refractivity contribution in [3.05, 3.63) is 34.3 Å². The molecule has 1 aliphatic rings. The minimum atomic E-state index is 0.00860. The summed E-state index contributed by atoms with van der Waals surface area (Å²) in [5.41, 5.74) is 8.39. The number of ether oxygens (including phenoxy) is 1. The fraction of sp³-hybridized carbons (Fsp3) is 0.500. The Morgan fingerprint density at radius 3 is 2.87 bits per heavy atom. The predicted molar refractivity (Wildman–Crippen MR) is 62.4 cm³/mol. The van der Waals surface area contributed by atoms with Gasteiger partial charge in [0.15, 0.2) is 0 Å². The van der Waals surface area contributed by atoms with E-state index in [1.165, 1.54) is 11.1 Å². The molecule has 0 amide bonds. The van der Waals surface area contributed by atoms with Crippen LogP contribution in [0.5, 0.6) is 0 Å². The van der Waals surface area contributed by atoms with Crippen LogP contribution in [0.2, 0.25) is 5.02 Å². The molecular formula is C12H16ClNO. The molecular weight excluding hydrogens is 210 g/mol. The van der Waals surface area contributed by atoms with Gasteiger partial charge in [-0.05, 0) is 36.6 Å². The highest BCUT2D eigenvalue weighted by molar-refractivity contribution is 6.30. The van der Waals surface area contributed by atoms with E-state index in [4.69, 9.17) is 22.1 Å². The standard InChI is InChI=1S/C12H16ClNO/c1-9-6-10(13)2-3-11(9)12(7-14)4-5-15-8-12/h2-3,6H,4-5,7-8,14H2,1H3. The quantitative estimate of drug-likeness (QED) is 0.838. The molecule has 1 aromatic carbocycles. The lowest BCUT2D eigenvalue weighted by molar-refractivity contribution is 0.178. The number of rotatable bonds is 2. The average molecular weight is 226 g/mol. The third-order valence-corrected chi connectivity index (χ3v) is 3.49. The Morgan fingerprint density at radius 2 is 2.33 bits per heavy atom. The predicted octanol–water partition coefficient (Wildman–Crippen LogP) is 2.27. The first kappa shape index (κ1) is 10.9. The Morgan fingerprint density at radius 1 is 1.53 bits per heavy atom. The van der Waals surface area contributed by atoms with Gasteiger partial charge in [0.05, 0.1) is 6.61 Å². The zero-order valence-electron chi connectivity index (χ0n) is 8.92. The molecule has 1 heterocycles. The fourth-order valence-corrected chi connectivity index (χ4v) is 2.54. The molecule has 1 aromatic rings. The number of halogens is 1. The highest BCUT2D eigenvalue weighted by atomic mass is 35.5. The topological polar surface area (TPSA) is 35.2 Å². The third-order valence-electron chi connectivity index (χ3n) is 3.25. The minimum Gasteiger partial charge on any atom is -0.380 e. The molecule has 0 spiro atoms. The van der Waals surface area contributed by atoms with Crippen molar-refractivity contribution in [3.8, 4) is 0 Å².